The van der Waals surface area contributed by atoms with Gasteiger partial charge in [-0.25, -0.2) is 0 Å². The SMILES string of the molecule is C[C-](O)N(C)C.[Rf]. The second-order valence-corrected chi connectivity index (χ2v) is 1.44. The van der Waals surface area contributed by atoms with E-state index >= 15 is 0 Å². The Bertz CT molecular complexity index is 32.7. The van der Waals surface area contributed by atoms with Gasteiger partial charge in [0.2, 0.25) is 0 Å². The van der Waals surface area contributed by atoms with Gasteiger partial charge in [-0.15, -0.1) is 6.23 Å². The van der Waals surface area contributed by atoms with Gasteiger partial charge in [-0.05, 0) is 14.1 Å². The average Bonchev–Trinajstić information content (AvgIpc) is 1.36. The second kappa shape index (κ2) is 3.12. The molecule has 1 N–H and O–H groups in total. The molecule has 3 heteroatoms. The number of aliphatic hydroxyl groups is 1. The Kier molecular flexibility index (Phi) is 4.16. The summed E-state index contributed by atoms with van der Waals surface area (Å²) < 4.78 is 0. The number of hydrogen-bond acceptors (Lipinski definition) is 2. The van der Waals surface area contributed by atoms with Crippen LogP contribution in [-0.2, 0) is 0 Å². The van der Waals surface area contributed by atoms with Crippen molar-refractivity contribution in [3.05, 3.63) is 6.23 Å². The van der Waals surface area contributed by atoms with Crippen molar-refractivity contribution in [1.29, 1.82) is 0 Å². The summed E-state index contributed by atoms with van der Waals surface area (Å²) in [5.41, 5.74) is 0. The Morgan fingerprint density at radius 1 is 1.43 bits per heavy atom. The minimum atomic E-state index is 0. The van der Waals surface area contributed by atoms with Crippen LogP contribution in [-0.4, -0.2) is 24.1 Å². The summed E-state index contributed by atoms with van der Waals surface area (Å²) >= 11 is 0. The van der Waals surface area contributed by atoms with Crippen LogP contribution in [0.3, 0.4) is 0 Å². The van der Waals surface area contributed by atoms with E-state index in [4.69, 9.17) is 5.11 Å². The zero-order valence-corrected chi connectivity index (χ0v) is 11.5. The van der Waals surface area contributed by atoms with E-state index in [1.54, 1.807) is 25.9 Å². The quantitative estimate of drug-likeness (QED) is 0.690. The molecule has 0 saturated carbocycles. The fraction of sp³-hybridized carbons (Fsp3) is 0.750. The van der Waals surface area contributed by atoms with E-state index in [0.29, 0.717) is 6.23 Å². The fourth-order valence-electron chi connectivity index (χ4n) is 0. The molecule has 0 aliphatic heterocycles. The van der Waals surface area contributed by atoms with Gasteiger partial charge >= 0.3 is 0 Å². The molecule has 0 rings (SSSR count). The second-order valence-electron chi connectivity index (χ2n) is 1.44. The van der Waals surface area contributed by atoms with Crippen LogP contribution in [0.5, 0.6) is 0 Å². The van der Waals surface area contributed by atoms with Crippen molar-refractivity contribution in [3.63, 3.8) is 0 Å². The Morgan fingerprint density at radius 3 is 1.57 bits per heavy atom. The molecule has 0 aliphatic carbocycles. The van der Waals surface area contributed by atoms with Crippen LogP contribution in [0.2, 0.25) is 0 Å². The van der Waals surface area contributed by atoms with Crippen molar-refractivity contribution in [1.82, 2.24) is 4.90 Å². The van der Waals surface area contributed by atoms with Crippen LogP contribution in [0.15, 0.2) is 0 Å². The molecule has 0 aromatic rings. The maximum absolute atomic E-state index is 8.47. The summed E-state index contributed by atoms with van der Waals surface area (Å²) in [5, 5.41) is 8.47. The van der Waals surface area contributed by atoms with E-state index in [-0.39, 0.29) is 0 Å². The standard InChI is InChI=1S/C4H10NO.Rf/c1-4(6)5(2)3;/h6H,1-3H3;/q-1;. The van der Waals surface area contributed by atoms with Gasteiger partial charge in [0.05, 0.1) is 0 Å². The van der Waals surface area contributed by atoms with Crippen LogP contribution in [0.25, 0.3) is 0 Å². The third-order valence-electron chi connectivity index (χ3n) is 0.647. The minimum Gasteiger partial charge on any atom is -0.548 e. The zero-order valence-electron chi connectivity index (χ0n) is 5.10. The van der Waals surface area contributed by atoms with Crippen molar-refractivity contribution >= 4 is 0 Å². The Morgan fingerprint density at radius 2 is 1.57 bits per heavy atom. The Labute approximate surface area is 38.4 Å². The summed E-state index contributed by atoms with van der Waals surface area (Å²) in [6, 6.07) is 0. The molecule has 0 amide bonds. The molecule has 0 unspecified atom stereocenters. The molecule has 2 nitrogen and oxygen atoms in total. The first-order chi connectivity index (χ1) is 2.64. The number of rotatable bonds is 1. The van der Waals surface area contributed by atoms with Gasteiger partial charge in [-0.3, -0.25) is 0 Å². The molecular weight excluding hydrogens is 345 g/mol. The summed E-state index contributed by atoms with van der Waals surface area (Å²) in [5.74, 6) is 0. The Hall–Kier alpha value is -1.08. The zero-order chi connectivity index (χ0) is 5.15. The first kappa shape index (κ1) is 9.33. The molecule has 0 bridgehead atoms. The number of nitrogens with zero attached hydrogens (tertiary/aromatic N) is 1. The van der Waals surface area contributed by atoms with Gasteiger partial charge < -0.3 is 10.0 Å². The first-order valence-electron chi connectivity index (χ1n) is 1.84. The molecule has 0 heterocycles. The summed E-state index contributed by atoms with van der Waals surface area (Å²) in [6.07, 6.45) is 0.343. The van der Waals surface area contributed by atoms with Crippen molar-refractivity contribution < 1.29 is 5.11 Å². The molecule has 0 aromatic carbocycles. The predicted molar refractivity (Wildman–Crippen MR) is 24.5 cm³/mol. The topological polar surface area (TPSA) is 23.5 Å². The molecule has 40 valence electrons. The maximum Gasteiger partial charge on any atom is 0 e. The average molecular weight is 355 g/mol. The monoisotopic (exact) mass is 355 g/mol. The smallest absolute Gasteiger partial charge is 0 e. The molecule has 0 fully saturated rings. The fourth-order valence-corrected chi connectivity index (χ4v) is 0. The summed E-state index contributed by atoms with van der Waals surface area (Å²) in [7, 11) is 3.57. The summed E-state index contributed by atoms with van der Waals surface area (Å²) in [4.78, 5) is 1.64. The number of aliphatic hydroxyl groups excluding tert-OH is 1. The van der Waals surface area contributed by atoms with Gasteiger partial charge in [0.1, 0.15) is 0 Å². The van der Waals surface area contributed by atoms with Crippen LogP contribution in [0.1, 0.15) is 6.92 Å². The third kappa shape index (κ3) is 4.92. The predicted octanol–water partition coefficient (Wildman–Crippen LogP) is 0.430. The normalized spacial score (nSPS) is 9.43. The van der Waals surface area contributed by atoms with Crippen molar-refractivity contribution in [3.8, 4) is 0 Å². The maximum atomic E-state index is 8.47. The molecular formula is C4H10NORf-. The van der Waals surface area contributed by atoms with Gasteiger partial charge in [0.25, 0.3) is 0 Å². The molecule has 0 aliphatic rings. The van der Waals surface area contributed by atoms with E-state index in [1.807, 2.05) is 0 Å². The van der Waals surface area contributed by atoms with E-state index in [1.165, 1.54) is 0 Å². The van der Waals surface area contributed by atoms with Crippen LogP contribution in [0.4, 0.5) is 0 Å². The molecule has 0 radical (unpaired) electrons. The van der Waals surface area contributed by atoms with Crippen LogP contribution >= 0.6 is 0 Å². The van der Waals surface area contributed by atoms with E-state index in [2.05, 4.69) is 0 Å². The molecule has 0 atom stereocenters. The van der Waals surface area contributed by atoms with Crippen molar-refractivity contribution in [2.24, 2.45) is 0 Å². The van der Waals surface area contributed by atoms with E-state index in [9.17, 15) is 0 Å². The number of hydrogen-bond donors (Lipinski definition) is 1. The van der Waals surface area contributed by atoms with Gasteiger partial charge in [0, 0.05) is 0 Å². The third-order valence-corrected chi connectivity index (χ3v) is 0.647. The first-order valence-corrected chi connectivity index (χ1v) is 1.84. The molecule has 0 aromatic heterocycles. The molecule has 0 saturated heterocycles. The molecule has 0 spiro atoms. The van der Waals surface area contributed by atoms with Gasteiger partial charge in [0.15, 0.2) is 0 Å². The van der Waals surface area contributed by atoms with E-state index < -0.39 is 0 Å². The summed E-state index contributed by atoms with van der Waals surface area (Å²) in [6.45, 7) is 1.64. The van der Waals surface area contributed by atoms with Crippen molar-refractivity contribution in [2.45, 2.75) is 6.92 Å². The van der Waals surface area contributed by atoms with Crippen LogP contribution in [0, 0.1) is 6.23 Å². The molecule has 7 heavy (non-hydrogen) atoms. The van der Waals surface area contributed by atoms with Gasteiger partial charge in [-0.1, -0.05) is 0 Å². The Balaban J connectivity index is 0. The van der Waals surface area contributed by atoms with Crippen LogP contribution < -0.4 is 0 Å². The van der Waals surface area contributed by atoms with Crippen molar-refractivity contribution in [2.75, 3.05) is 14.1 Å². The van der Waals surface area contributed by atoms with E-state index in [0.717, 1.165) is 0 Å². The largest absolute Gasteiger partial charge is 0.548 e. The van der Waals surface area contributed by atoms with Gasteiger partial charge in [-0.2, -0.15) is 6.92 Å². The minimum absolute atomic E-state index is 0.